The maximum atomic E-state index is 11.9. The average Bonchev–Trinajstić information content (AvgIpc) is 2.66. The number of ether oxygens (including phenoxy) is 1. The van der Waals surface area contributed by atoms with E-state index in [4.69, 9.17) is 9.84 Å². The minimum atomic E-state index is -1.30. The molecule has 29 heavy (non-hydrogen) atoms. The molecule has 1 aliphatic heterocycles. The van der Waals surface area contributed by atoms with Gasteiger partial charge in [-0.2, -0.15) is 0 Å². The van der Waals surface area contributed by atoms with Crippen LogP contribution in [0.1, 0.15) is 29.6 Å². The Hall–Kier alpha value is -2.53. The molecular weight excluding hydrogens is 384 g/mol. The lowest BCUT2D eigenvalue weighted by Gasteiger charge is -2.41. The molecule has 0 aromatic heterocycles. The number of nitrogens with one attached hydrogen (secondary N) is 1. The summed E-state index contributed by atoms with van der Waals surface area (Å²) >= 11 is 0. The number of carbonyl (C=O) groups excluding carboxylic acids is 2. The molecule has 5 N–H and O–H groups in total. The van der Waals surface area contributed by atoms with Crippen molar-refractivity contribution in [3.05, 3.63) is 29.8 Å². The van der Waals surface area contributed by atoms with E-state index in [0.717, 1.165) is 0 Å². The van der Waals surface area contributed by atoms with Crippen molar-refractivity contribution in [2.75, 3.05) is 25.5 Å². The minimum Gasteiger partial charge on any atom is -0.478 e. The zero-order valence-electron chi connectivity index (χ0n) is 16.0. The molecule has 4 unspecified atom stereocenters. The Kier molecular flexibility index (Phi) is 8.09. The van der Waals surface area contributed by atoms with Crippen molar-refractivity contribution in [1.82, 2.24) is 4.90 Å². The van der Waals surface area contributed by atoms with E-state index in [1.165, 1.54) is 24.3 Å². The number of rotatable bonds is 8. The van der Waals surface area contributed by atoms with Crippen molar-refractivity contribution in [2.45, 2.75) is 43.6 Å². The molecule has 2 rings (SSSR count). The highest BCUT2D eigenvalue weighted by molar-refractivity contribution is 5.92. The summed E-state index contributed by atoms with van der Waals surface area (Å²) in [5.41, 5.74) is 0.569. The average molecular weight is 410 g/mol. The molecule has 1 aromatic carbocycles. The van der Waals surface area contributed by atoms with Gasteiger partial charge in [-0.25, -0.2) is 4.79 Å². The smallest absolute Gasteiger partial charge is 0.335 e. The number of aromatic carboxylic acids is 1. The summed E-state index contributed by atoms with van der Waals surface area (Å²) in [5, 5.41) is 40.8. The van der Waals surface area contributed by atoms with Gasteiger partial charge in [0.15, 0.2) is 0 Å². The molecule has 1 saturated heterocycles. The maximum Gasteiger partial charge on any atom is 0.335 e. The number of piperidine rings is 1. The standard InChI is InChI=1S/C19H26N2O8/c1-21-9-14(22)18(26)17(25)13(21)10-29-16(24)4-2-3-15(23)20-12-7-5-11(6-8-12)19(27)28/h5-8,13-14,17-18,22,25-26H,2-4,9-10H2,1H3,(H,20,23)(H,27,28). The number of benzene rings is 1. The van der Waals surface area contributed by atoms with Crippen molar-refractivity contribution in [2.24, 2.45) is 0 Å². The quantitative estimate of drug-likeness (QED) is 0.354. The van der Waals surface area contributed by atoms with Crippen molar-refractivity contribution in [3.8, 4) is 0 Å². The Labute approximate surface area is 167 Å². The van der Waals surface area contributed by atoms with Gasteiger partial charge in [-0.15, -0.1) is 0 Å². The number of hydrogen-bond acceptors (Lipinski definition) is 8. The summed E-state index contributed by atoms with van der Waals surface area (Å²) in [6.07, 6.45) is -3.28. The monoisotopic (exact) mass is 410 g/mol. The van der Waals surface area contributed by atoms with E-state index in [-0.39, 0.29) is 43.9 Å². The number of carboxylic acid groups (broad SMARTS) is 1. The number of aliphatic hydroxyl groups excluding tert-OH is 3. The van der Waals surface area contributed by atoms with Crippen molar-refractivity contribution < 1.29 is 39.5 Å². The number of nitrogens with zero attached hydrogens (tertiary/aromatic N) is 1. The number of carboxylic acids is 1. The van der Waals surface area contributed by atoms with E-state index in [0.29, 0.717) is 5.69 Å². The summed E-state index contributed by atoms with van der Waals surface area (Å²) in [7, 11) is 1.64. The zero-order valence-corrected chi connectivity index (χ0v) is 16.0. The van der Waals surface area contributed by atoms with E-state index in [1.807, 2.05) is 0 Å². The number of amides is 1. The lowest BCUT2D eigenvalue weighted by Crippen LogP contribution is -2.61. The lowest BCUT2D eigenvalue weighted by atomic mass is 9.95. The zero-order chi connectivity index (χ0) is 21.6. The molecule has 1 fully saturated rings. The van der Waals surface area contributed by atoms with E-state index < -0.39 is 36.3 Å². The van der Waals surface area contributed by atoms with Crippen molar-refractivity contribution in [1.29, 1.82) is 0 Å². The summed E-state index contributed by atoms with van der Waals surface area (Å²) in [4.78, 5) is 36.2. The fraction of sp³-hybridized carbons (Fsp3) is 0.526. The van der Waals surface area contributed by atoms with Crippen LogP contribution in [-0.2, 0) is 14.3 Å². The number of likely N-dealkylation sites (N-methyl/N-ethyl adjacent to an activating group) is 1. The normalized spacial score (nSPS) is 24.7. The Morgan fingerprint density at radius 3 is 2.38 bits per heavy atom. The van der Waals surface area contributed by atoms with Gasteiger partial charge in [0, 0.05) is 25.1 Å². The second-order valence-electron chi connectivity index (χ2n) is 7.02. The van der Waals surface area contributed by atoms with Crippen LogP contribution in [-0.4, -0.2) is 87.7 Å². The van der Waals surface area contributed by atoms with E-state index in [9.17, 15) is 29.7 Å². The predicted molar refractivity (Wildman–Crippen MR) is 101 cm³/mol. The van der Waals surface area contributed by atoms with Crippen LogP contribution in [0.4, 0.5) is 5.69 Å². The molecule has 160 valence electrons. The summed E-state index contributed by atoms with van der Waals surface area (Å²) in [6.45, 7) is 0.0104. The number of esters is 1. The highest BCUT2D eigenvalue weighted by atomic mass is 16.5. The summed E-state index contributed by atoms with van der Waals surface area (Å²) in [5.74, 6) is -1.91. The molecule has 10 nitrogen and oxygen atoms in total. The van der Waals surface area contributed by atoms with Crippen molar-refractivity contribution in [3.63, 3.8) is 0 Å². The first-order chi connectivity index (χ1) is 13.7. The molecule has 0 saturated carbocycles. The molecule has 1 amide bonds. The van der Waals surface area contributed by atoms with Crippen LogP contribution in [0.25, 0.3) is 0 Å². The van der Waals surface area contributed by atoms with Crippen LogP contribution in [0.2, 0.25) is 0 Å². The van der Waals surface area contributed by atoms with E-state index in [1.54, 1.807) is 11.9 Å². The Morgan fingerprint density at radius 1 is 1.10 bits per heavy atom. The first-order valence-corrected chi connectivity index (χ1v) is 9.22. The number of likely N-dealkylation sites (tertiary alicyclic amines) is 1. The van der Waals surface area contributed by atoms with Crippen molar-refractivity contribution >= 4 is 23.5 Å². The second kappa shape index (κ2) is 10.3. The number of anilines is 1. The van der Waals surface area contributed by atoms with Crippen LogP contribution < -0.4 is 5.32 Å². The number of aliphatic hydroxyl groups is 3. The second-order valence-corrected chi connectivity index (χ2v) is 7.02. The van der Waals surface area contributed by atoms with Gasteiger partial charge in [0.25, 0.3) is 0 Å². The van der Waals surface area contributed by atoms with Crippen LogP contribution in [0.3, 0.4) is 0 Å². The van der Waals surface area contributed by atoms with Crippen LogP contribution >= 0.6 is 0 Å². The van der Waals surface area contributed by atoms with E-state index >= 15 is 0 Å². The van der Waals surface area contributed by atoms with Gasteiger partial charge in [0.05, 0.1) is 17.7 Å². The molecule has 1 aliphatic rings. The number of hydrogen-bond donors (Lipinski definition) is 5. The van der Waals surface area contributed by atoms with Gasteiger partial charge >= 0.3 is 11.9 Å². The third-order valence-electron chi connectivity index (χ3n) is 4.79. The highest BCUT2D eigenvalue weighted by Gasteiger charge is 2.40. The first-order valence-electron chi connectivity index (χ1n) is 9.22. The van der Waals surface area contributed by atoms with Gasteiger partial charge in [0.2, 0.25) is 5.91 Å². The lowest BCUT2D eigenvalue weighted by molar-refractivity contribution is -0.160. The topological polar surface area (TPSA) is 157 Å². The molecule has 0 bridgehead atoms. The Balaban J connectivity index is 1.68. The van der Waals surface area contributed by atoms with Crippen LogP contribution in [0, 0.1) is 0 Å². The molecular formula is C19H26N2O8. The summed E-state index contributed by atoms with van der Waals surface area (Å²) < 4.78 is 5.12. The molecule has 0 aliphatic carbocycles. The SMILES string of the molecule is CN1CC(O)C(O)C(O)C1COC(=O)CCCC(=O)Nc1ccc(C(=O)O)cc1. The fourth-order valence-electron chi connectivity index (χ4n) is 3.04. The third kappa shape index (κ3) is 6.50. The van der Waals surface area contributed by atoms with Crippen LogP contribution in [0.15, 0.2) is 24.3 Å². The molecule has 0 radical (unpaired) electrons. The number of β-amino-alcohol motifs (C(OH)–C–C–N with tert-alkyl or cyclic N) is 1. The van der Waals surface area contributed by atoms with E-state index in [2.05, 4.69) is 5.32 Å². The van der Waals surface area contributed by atoms with Gasteiger partial charge in [-0.1, -0.05) is 0 Å². The predicted octanol–water partition coefficient (Wildman–Crippen LogP) is -0.566. The Bertz CT molecular complexity index is 723. The molecule has 1 heterocycles. The minimum absolute atomic E-state index is 0.00306. The van der Waals surface area contributed by atoms with Gasteiger partial charge in [-0.3, -0.25) is 14.5 Å². The Morgan fingerprint density at radius 2 is 1.76 bits per heavy atom. The summed E-state index contributed by atoms with van der Waals surface area (Å²) in [6, 6.07) is 5.08. The third-order valence-corrected chi connectivity index (χ3v) is 4.79. The molecule has 10 heteroatoms. The molecule has 0 spiro atoms. The largest absolute Gasteiger partial charge is 0.478 e. The highest BCUT2D eigenvalue weighted by Crippen LogP contribution is 2.18. The molecule has 1 aromatic rings. The first kappa shape index (κ1) is 22.8. The van der Waals surface area contributed by atoms with Crippen LogP contribution in [0.5, 0.6) is 0 Å². The van der Waals surface area contributed by atoms with Gasteiger partial charge in [0.1, 0.15) is 18.8 Å². The maximum absolute atomic E-state index is 11.9. The van der Waals surface area contributed by atoms with Gasteiger partial charge < -0.3 is 30.5 Å². The van der Waals surface area contributed by atoms with Gasteiger partial charge in [-0.05, 0) is 37.7 Å². The number of carbonyl (C=O) groups is 3. The molecule has 4 atom stereocenters. The fourth-order valence-corrected chi connectivity index (χ4v) is 3.04.